The molecule has 0 aliphatic rings. The molecule has 1 aromatic heterocycles. The van der Waals surface area contributed by atoms with E-state index >= 15 is 0 Å². The van der Waals surface area contributed by atoms with Gasteiger partial charge in [-0.25, -0.2) is 4.39 Å². The van der Waals surface area contributed by atoms with Gasteiger partial charge in [0.15, 0.2) is 0 Å². The smallest absolute Gasteiger partial charge is 0.311 e. The van der Waals surface area contributed by atoms with Crippen molar-refractivity contribution in [1.29, 1.82) is 0 Å². The monoisotopic (exact) mass is 296 g/mol. The second-order valence-electron chi connectivity index (χ2n) is 4.62. The molecule has 4 nitrogen and oxygen atoms in total. The lowest BCUT2D eigenvalue weighted by Gasteiger charge is -2.13. The van der Waals surface area contributed by atoms with E-state index in [9.17, 15) is 14.3 Å². The van der Waals surface area contributed by atoms with Gasteiger partial charge in [0.25, 0.3) is 0 Å². The van der Waals surface area contributed by atoms with Crippen molar-refractivity contribution in [3.63, 3.8) is 0 Å². The standard InChI is InChI=1S/C14H14ClFN2O2/c1-8-13(15)12(18(2)17-8)7-11(14(19)20)9-3-5-10(16)6-4-9/h3-6,11H,7H2,1-2H3,(H,19,20). The van der Waals surface area contributed by atoms with Crippen molar-refractivity contribution >= 4 is 17.6 Å². The molecule has 0 aliphatic carbocycles. The summed E-state index contributed by atoms with van der Waals surface area (Å²) in [5, 5.41) is 14.0. The number of aliphatic carboxylic acids is 1. The van der Waals surface area contributed by atoms with E-state index in [1.807, 2.05) is 0 Å². The molecule has 1 N–H and O–H groups in total. The maximum absolute atomic E-state index is 12.9. The molecule has 0 fully saturated rings. The Morgan fingerprint density at radius 2 is 2.05 bits per heavy atom. The molecule has 0 aliphatic heterocycles. The Morgan fingerprint density at radius 1 is 1.45 bits per heavy atom. The highest BCUT2D eigenvalue weighted by Crippen LogP contribution is 2.27. The van der Waals surface area contributed by atoms with E-state index in [4.69, 9.17) is 11.6 Å². The van der Waals surface area contributed by atoms with Crippen molar-refractivity contribution in [3.8, 4) is 0 Å². The Kier molecular flexibility index (Phi) is 4.09. The second-order valence-corrected chi connectivity index (χ2v) is 4.99. The van der Waals surface area contributed by atoms with Crippen LogP contribution in [0.3, 0.4) is 0 Å². The van der Waals surface area contributed by atoms with E-state index in [2.05, 4.69) is 5.10 Å². The van der Waals surface area contributed by atoms with Gasteiger partial charge in [0, 0.05) is 13.5 Å². The van der Waals surface area contributed by atoms with Crippen LogP contribution in [0.2, 0.25) is 5.02 Å². The van der Waals surface area contributed by atoms with Gasteiger partial charge in [0.2, 0.25) is 0 Å². The predicted octanol–water partition coefficient (Wildman–Crippen LogP) is 2.93. The van der Waals surface area contributed by atoms with Crippen LogP contribution in [0.1, 0.15) is 22.9 Å². The highest BCUT2D eigenvalue weighted by atomic mass is 35.5. The van der Waals surface area contributed by atoms with Crippen LogP contribution in [-0.4, -0.2) is 20.9 Å². The van der Waals surface area contributed by atoms with Crippen LogP contribution in [0.4, 0.5) is 4.39 Å². The number of halogens is 2. The van der Waals surface area contributed by atoms with Gasteiger partial charge >= 0.3 is 5.97 Å². The normalized spacial score (nSPS) is 12.4. The first-order valence-electron chi connectivity index (χ1n) is 6.06. The fourth-order valence-corrected chi connectivity index (χ4v) is 2.38. The van der Waals surface area contributed by atoms with E-state index in [0.29, 0.717) is 22.0 Å². The molecule has 1 atom stereocenters. The van der Waals surface area contributed by atoms with Gasteiger partial charge in [0.1, 0.15) is 5.82 Å². The molecule has 0 saturated carbocycles. The van der Waals surface area contributed by atoms with Gasteiger partial charge in [-0.1, -0.05) is 23.7 Å². The molecule has 6 heteroatoms. The summed E-state index contributed by atoms with van der Waals surface area (Å²) in [7, 11) is 1.72. The van der Waals surface area contributed by atoms with Crippen LogP contribution in [0.15, 0.2) is 24.3 Å². The molecule has 1 heterocycles. The molecule has 0 amide bonds. The average Bonchev–Trinajstić information content (AvgIpc) is 2.62. The molecule has 0 saturated heterocycles. The lowest BCUT2D eigenvalue weighted by molar-refractivity contribution is -0.138. The van der Waals surface area contributed by atoms with Crippen molar-refractivity contribution < 1.29 is 14.3 Å². The summed E-state index contributed by atoms with van der Waals surface area (Å²) < 4.78 is 14.5. The molecule has 0 bridgehead atoms. The van der Waals surface area contributed by atoms with Crippen LogP contribution in [0, 0.1) is 12.7 Å². The molecule has 0 radical (unpaired) electrons. The zero-order valence-electron chi connectivity index (χ0n) is 11.1. The van der Waals surface area contributed by atoms with Crippen molar-refractivity contribution in [2.24, 2.45) is 7.05 Å². The molecule has 2 rings (SSSR count). The molecule has 2 aromatic rings. The summed E-state index contributed by atoms with van der Waals surface area (Å²) in [4.78, 5) is 11.5. The number of hydrogen-bond donors (Lipinski definition) is 1. The van der Waals surface area contributed by atoms with Crippen LogP contribution < -0.4 is 0 Å². The zero-order valence-corrected chi connectivity index (χ0v) is 11.9. The molecular formula is C14H14ClFN2O2. The summed E-state index contributed by atoms with van der Waals surface area (Å²) in [6.07, 6.45) is 0.205. The number of carboxylic acid groups (broad SMARTS) is 1. The Morgan fingerprint density at radius 3 is 2.50 bits per heavy atom. The molecule has 20 heavy (non-hydrogen) atoms. The topological polar surface area (TPSA) is 55.1 Å². The fourth-order valence-electron chi connectivity index (χ4n) is 2.14. The van der Waals surface area contributed by atoms with E-state index in [1.165, 1.54) is 24.3 Å². The first-order valence-corrected chi connectivity index (χ1v) is 6.44. The molecule has 1 unspecified atom stereocenters. The van der Waals surface area contributed by atoms with Gasteiger partial charge in [-0.15, -0.1) is 0 Å². The van der Waals surface area contributed by atoms with Gasteiger partial charge in [-0.2, -0.15) is 5.10 Å². The highest BCUT2D eigenvalue weighted by molar-refractivity contribution is 6.31. The lowest BCUT2D eigenvalue weighted by Crippen LogP contribution is -2.16. The van der Waals surface area contributed by atoms with Gasteiger partial charge in [-0.3, -0.25) is 9.48 Å². The molecule has 0 spiro atoms. The fraction of sp³-hybridized carbons (Fsp3) is 0.286. The SMILES string of the molecule is Cc1nn(C)c(CC(C(=O)O)c2ccc(F)cc2)c1Cl. The van der Waals surface area contributed by atoms with Gasteiger partial charge in [-0.05, 0) is 24.6 Å². The zero-order chi connectivity index (χ0) is 14.9. The first-order chi connectivity index (χ1) is 9.40. The van der Waals surface area contributed by atoms with E-state index in [0.717, 1.165) is 0 Å². The number of hydrogen-bond acceptors (Lipinski definition) is 2. The third-order valence-corrected chi connectivity index (χ3v) is 3.72. The quantitative estimate of drug-likeness (QED) is 0.944. The molecular weight excluding hydrogens is 283 g/mol. The third kappa shape index (κ3) is 2.82. The third-order valence-electron chi connectivity index (χ3n) is 3.23. The number of carbonyl (C=O) groups is 1. The minimum absolute atomic E-state index is 0.205. The van der Waals surface area contributed by atoms with Crippen molar-refractivity contribution in [3.05, 3.63) is 52.1 Å². The second kappa shape index (κ2) is 5.63. The number of carboxylic acids is 1. The summed E-state index contributed by atoms with van der Waals surface area (Å²) in [5.74, 6) is -2.17. The largest absolute Gasteiger partial charge is 0.481 e. The first kappa shape index (κ1) is 14.5. The maximum atomic E-state index is 12.9. The Hall–Kier alpha value is -1.88. The van der Waals surface area contributed by atoms with Crippen LogP contribution in [0.5, 0.6) is 0 Å². The maximum Gasteiger partial charge on any atom is 0.311 e. The average molecular weight is 297 g/mol. The van der Waals surface area contributed by atoms with E-state index < -0.39 is 17.7 Å². The number of aromatic nitrogens is 2. The Labute approximate surface area is 120 Å². The van der Waals surface area contributed by atoms with Gasteiger partial charge < -0.3 is 5.11 Å². The lowest BCUT2D eigenvalue weighted by atomic mass is 9.94. The Bertz CT molecular complexity index is 637. The van der Waals surface area contributed by atoms with Crippen molar-refractivity contribution in [2.75, 3.05) is 0 Å². The van der Waals surface area contributed by atoms with E-state index in [-0.39, 0.29) is 6.42 Å². The number of benzene rings is 1. The van der Waals surface area contributed by atoms with Gasteiger partial charge in [0.05, 0.1) is 22.3 Å². The number of nitrogens with zero attached hydrogens (tertiary/aromatic N) is 2. The van der Waals surface area contributed by atoms with Crippen LogP contribution in [0.25, 0.3) is 0 Å². The minimum Gasteiger partial charge on any atom is -0.481 e. The minimum atomic E-state index is -0.980. The number of aryl methyl sites for hydroxylation is 2. The van der Waals surface area contributed by atoms with E-state index in [1.54, 1.807) is 18.7 Å². The summed E-state index contributed by atoms with van der Waals surface area (Å²) in [5.41, 5.74) is 1.85. The summed E-state index contributed by atoms with van der Waals surface area (Å²) in [6.45, 7) is 1.76. The van der Waals surface area contributed by atoms with Crippen LogP contribution in [-0.2, 0) is 18.3 Å². The predicted molar refractivity (Wildman–Crippen MR) is 73.4 cm³/mol. The summed E-state index contributed by atoms with van der Waals surface area (Å²) >= 11 is 6.14. The highest BCUT2D eigenvalue weighted by Gasteiger charge is 2.24. The number of rotatable bonds is 4. The van der Waals surface area contributed by atoms with Crippen molar-refractivity contribution in [2.45, 2.75) is 19.3 Å². The van der Waals surface area contributed by atoms with Crippen molar-refractivity contribution in [1.82, 2.24) is 9.78 Å². The summed E-state index contributed by atoms with van der Waals surface area (Å²) in [6, 6.07) is 5.46. The van der Waals surface area contributed by atoms with Crippen LogP contribution >= 0.6 is 11.6 Å². The molecule has 1 aromatic carbocycles. The molecule has 106 valence electrons. The Balaban J connectivity index is 2.35.